The summed E-state index contributed by atoms with van der Waals surface area (Å²) in [5.41, 5.74) is 0.838. The van der Waals surface area contributed by atoms with E-state index in [2.05, 4.69) is 10.6 Å². The second-order valence-corrected chi connectivity index (χ2v) is 8.78. The first-order valence-electron chi connectivity index (χ1n) is 11.4. The molecule has 1 saturated carbocycles. The van der Waals surface area contributed by atoms with E-state index in [0.717, 1.165) is 25.7 Å². The summed E-state index contributed by atoms with van der Waals surface area (Å²) in [6.45, 7) is -0.392. The van der Waals surface area contributed by atoms with Crippen LogP contribution in [0, 0.1) is 5.82 Å². The van der Waals surface area contributed by atoms with Gasteiger partial charge < -0.3 is 15.1 Å². The quantitative estimate of drug-likeness (QED) is 0.474. The molecule has 0 aliphatic heterocycles. The minimum atomic E-state index is -1.09. The van der Waals surface area contributed by atoms with Crippen molar-refractivity contribution in [1.29, 1.82) is 0 Å². The fourth-order valence-electron chi connectivity index (χ4n) is 4.19. The van der Waals surface area contributed by atoms with Gasteiger partial charge in [-0.15, -0.1) is 0 Å². The Labute approximate surface area is 207 Å². The number of rotatable bonds is 8. The predicted octanol–water partition coefficient (Wildman–Crippen LogP) is 4.64. The van der Waals surface area contributed by atoms with E-state index in [1.807, 2.05) is 0 Å². The lowest BCUT2D eigenvalue weighted by molar-refractivity contribution is -0.126. The summed E-state index contributed by atoms with van der Waals surface area (Å²) in [6, 6.07) is 13.9. The number of hydrogen-bond acceptors (Lipinski definition) is 4. The van der Waals surface area contributed by atoms with E-state index in [-0.39, 0.29) is 17.7 Å². The third kappa shape index (κ3) is 6.08. The monoisotopic (exact) mass is 497 g/mol. The van der Waals surface area contributed by atoms with Gasteiger partial charge in [0.1, 0.15) is 11.9 Å². The van der Waals surface area contributed by atoms with Gasteiger partial charge in [0.2, 0.25) is 11.8 Å². The molecule has 35 heavy (non-hydrogen) atoms. The van der Waals surface area contributed by atoms with E-state index in [9.17, 15) is 18.8 Å². The molecule has 0 saturated heterocycles. The molecular formula is C26H25ClFN3O4. The van der Waals surface area contributed by atoms with Gasteiger partial charge in [0.15, 0.2) is 5.76 Å². The highest BCUT2D eigenvalue weighted by Crippen LogP contribution is 2.30. The van der Waals surface area contributed by atoms with Gasteiger partial charge in [-0.3, -0.25) is 19.3 Å². The number of anilines is 1. The Morgan fingerprint density at radius 1 is 1.03 bits per heavy atom. The van der Waals surface area contributed by atoms with Crippen molar-refractivity contribution in [1.82, 2.24) is 10.6 Å². The Morgan fingerprint density at radius 2 is 1.71 bits per heavy atom. The Bertz CT molecular complexity index is 1160. The fraction of sp³-hybridized carbons (Fsp3) is 0.269. The predicted molar refractivity (Wildman–Crippen MR) is 130 cm³/mol. The summed E-state index contributed by atoms with van der Waals surface area (Å²) in [7, 11) is 0. The molecule has 182 valence electrons. The van der Waals surface area contributed by atoms with Crippen molar-refractivity contribution >= 4 is 35.0 Å². The van der Waals surface area contributed by atoms with Crippen LogP contribution in [0.5, 0.6) is 0 Å². The lowest BCUT2D eigenvalue weighted by atomic mass is 10.0. The van der Waals surface area contributed by atoms with Gasteiger partial charge in [0.25, 0.3) is 5.91 Å². The third-order valence-electron chi connectivity index (χ3n) is 5.91. The number of nitrogens with one attached hydrogen (secondary N) is 2. The lowest BCUT2D eigenvalue weighted by Gasteiger charge is -2.32. The van der Waals surface area contributed by atoms with Gasteiger partial charge >= 0.3 is 0 Å². The number of nitrogens with zero attached hydrogens (tertiary/aromatic N) is 1. The molecule has 3 amide bonds. The minimum absolute atomic E-state index is 0.00581. The Hall–Kier alpha value is -3.65. The summed E-state index contributed by atoms with van der Waals surface area (Å²) < 4.78 is 18.8. The van der Waals surface area contributed by atoms with Crippen molar-refractivity contribution < 1.29 is 23.2 Å². The largest absolute Gasteiger partial charge is 0.459 e. The van der Waals surface area contributed by atoms with Crippen LogP contribution in [0.2, 0.25) is 5.02 Å². The van der Waals surface area contributed by atoms with E-state index in [1.165, 1.54) is 41.5 Å². The normalized spacial score (nSPS) is 14.3. The zero-order valence-corrected chi connectivity index (χ0v) is 19.6. The molecule has 1 fully saturated rings. The standard InChI is InChI=1S/C26H25ClFN3O4/c27-18-9-13-21(14-10-18)31(23(32)16-29-25(33)22-6-3-15-35-22)24(17-7-11-19(28)12-8-17)26(34)30-20-4-1-2-5-20/h3,6-15,20,24H,1-2,4-5,16H2,(H,29,33)(H,30,34)/t24-/m0/s1. The number of halogens is 2. The maximum Gasteiger partial charge on any atom is 0.287 e. The summed E-state index contributed by atoms with van der Waals surface area (Å²) in [4.78, 5) is 40.7. The van der Waals surface area contributed by atoms with Crippen LogP contribution < -0.4 is 15.5 Å². The van der Waals surface area contributed by atoms with Crippen LogP contribution in [-0.2, 0) is 9.59 Å². The van der Waals surface area contributed by atoms with Crippen LogP contribution in [0.15, 0.2) is 71.3 Å². The van der Waals surface area contributed by atoms with E-state index < -0.39 is 30.2 Å². The first kappa shape index (κ1) is 24.5. The molecule has 0 radical (unpaired) electrons. The Morgan fingerprint density at radius 3 is 2.34 bits per heavy atom. The molecule has 1 atom stereocenters. The van der Waals surface area contributed by atoms with Crippen molar-refractivity contribution in [3.05, 3.63) is 89.1 Å². The molecule has 0 bridgehead atoms. The summed E-state index contributed by atoms with van der Waals surface area (Å²) in [5.74, 6) is -1.89. The maximum atomic E-state index is 13.7. The Balaban J connectivity index is 1.67. The van der Waals surface area contributed by atoms with Crippen LogP contribution in [0.25, 0.3) is 0 Å². The van der Waals surface area contributed by atoms with E-state index in [4.69, 9.17) is 16.0 Å². The number of hydrogen-bond donors (Lipinski definition) is 2. The van der Waals surface area contributed by atoms with Crippen molar-refractivity contribution in [2.24, 2.45) is 0 Å². The average molecular weight is 498 g/mol. The highest BCUT2D eigenvalue weighted by Gasteiger charge is 2.34. The second kappa shape index (κ2) is 11.2. The first-order chi connectivity index (χ1) is 16.9. The minimum Gasteiger partial charge on any atom is -0.459 e. The molecule has 4 rings (SSSR count). The van der Waals surface area contributed by atoms with Gasteiger partial charge in [0.05, 0.1) is 12.8 Å². The molecule has 9 heteroatoms. The maximum absolute atomic E-state index is 13.7. The average Bonchev–Trinajstić information content (AvgIpc) is 3.57. The molecule has 1 aliphatic rings. The molecule has 1 aromatic heterocycles. The van der Waals surface area contributed by atoms with E-state index >= 15 is 0 Å². The third-order valence-corrected chi connectivity index (χ3v) is 6.16. The number of amides is 3. The SMILES string of the molecule is O=C(NCC(=O)N(c1ccc(Cl)cc1)[C@H](C(=O)NC1CCCC1)c1ccc(F)cc1)c1ccco1. The number of carbonyl (C=O) groups is 3. The van der Waals surface area contributed by atoms with Gasteiger partial charge in [-0.2, -0.15) is 0 Å². The van der Waals surface area contributed by atoms with Gasteiger partial charge in [0, 0.05) is 16.8 Å². The second-order valence-electron chi connectivity index (χ2n) is 8.34. The summed E-state index contributed by atoms with van der Waals surface area (Å²) >= 11 is 6.05. The first-order valence-corrected chi connectivity index (χ1v) is 11.8. The van der Waals surface area contributed by atoms with Gasteiger partial charge in [-0.25, -0.2) is 4.39 Å². The summed E-state index contributed by atoms with van der Waals surface area (Å²) in [6.07, 6.45) is 5.11. The number of benzene rings is 2. The molecule has 0 spiro atoms. The molecule has 7 nitrogen and oxygen atoms in total. The molecular weight excluding hydrogens is 473 g/mol. The summed E-state index contributed by atoms with van der Waals surface area (Å²) in [5, 5.41) is 6.03. The van der Waals surface area contributed by atoms with Gasteiger partial charge in [-0.1, -0.05) is 36.6 Å². The van der Waals surface area contributed by atoms with Crippen LogP contribution in [-0.4, -0.2) is 30.3 Å². The molecule has 2 aromatic carbocycles. The van der Waals surface area contributed by atoms with Crippen LogP contribution >= 0.6 is 11.6 Å². The highest BCUT2D eigenvalue weighted by molar-refractivity contribution is 6.30. The van der Waals surface area contributed by atoms with Crippen molar-refractivity contribution in [2.75, 3.05) is 11.4 Å². The van der Waals surface area contributed by atoms with Crippen molar-refractivity contribution in [2.45, 2.75) is 37.8 Å². The fourth-order valence-corrected chi connectivity index (χ4v) is 4.31. The van der Waals surface area contributed by atoms with E-state index in [1.54, 1.807) is 30.3 Å². The van der Waals surface area contributed by atoms with Crippen LogP contribution in [0.4, 0.5) is 10.1 Å². The number of furan rings is 1. The van der Waals surface area contributed by atoms with Crippen molar-refractivity contribution in [3.63, 3.8) is 0 Å². The highest BCUT2D eigenvalue weighted by atomic mass is 35.5. The molecule has 0 unspecified atom stereocenters. The molecule has 3 aromatic rings. The van der Waals surface area contributed by atoms with Gasteiger partial charge in [-0.05, 0) is 66.9 Å². The molecule has 2 N–H and O–H groups in total. The molecule has 1 aliphatic carbocycles. The zero-order chi connectivity index (χ0) is 24.8. The van der Waals surface area contributed by atoms with Crippen molar-refractivity contribution in [3.8, 4) is 0 Å². The smallest absolute Gasteiger partial charge is 0.287 e. The van der Waals surface area contributed by atoms with E-state index in [0.29, 0.717) is 16.3 Å². The van der Waals surface area contributed by atoms with Crippen LogP contribution in [0.1, 0.15) is 47.8 Å². The van der Waals surface area contributed by atoms with Crippen LogP contribution in [0.3, 0.4) is 0 Å². The number of carbonyl (C=O) groups excluding carboxylic acids is 3. The molecule has 1 heterocycles. The Kier molecular flexibility index (Phi) is 7.82. The topological polar surface area (TPSA) is 91.7 Å². The lowest BCUT2D eigenvalue weighted by Crippen LogP contribution is -2.49. The zero-order valence-electron chi connectivity index (χ0n) is 18.9.